The maximum atomic E-state index is 11.5. The van der Waals surface area contributed by atoms with Gasteiger partial charge in [0.25, 0.3) is 0 Å². The van der Waals surface area contributed by atoms with Gasteiger partial charge in [-0.15, -0.1) is 0 Å². The minimum absolute atomic E-state index is 0.0797. The molecule has 1 heterocycles. The Morgan fingerprint density at radius 3 is 2.95 bits per heavy atom. The van der Waals surface area contributed by atoms with Crippen LogP contribution >= 0.6 is 0 Å². The number of rotatable bonds is 9. The summed E-state index contributed by atoms with van der Waals surface area (Å²) in [5.41, 5.74) is 0.122. The van der Waals surface area contributed by atoms with E-state index in [0.717, 1.165) is 6.42 Å². The maximum Gasteiger partial charge on any atom is 0.338 e. The van der Waals surface area contributed by atoms with Crippen LogP contribution in [0.4, 0.5) is 0 Å². The number of ether oxygens (including phenoxy) is 1. The van der Waals surface area contributed by atoms with Gasteiger partial charge in [0.1, 0.15) is 0 Å². The highest BCUT2D eigenvalue weighted by Gasteiger charge is 2.07. The number of hydrogen-bond acceptors (Lipinski definition) is 4. The van der Waals surface area contributed by atoms with Crippen LogP contribution in [0, 0.1) is 0 Å². The number of nitrogens with zero attached hydrogens (tertiary/aromatic N) is 2. The van der Waals surface area contributed by atoms with E-state index in [-0.39, 0.29) is 17.9 Å². The molecule has 2 N–H and O–H groups in total. The molecule has 0 fully saturated rings. The standard InChI is InChI=1S/C12H19N3O4/c1-2-19-7-3-5-13-11(16)4-6-15-9-10(8-14-15)12(17)18/h8-9H,2-7H2,1H3,(H,13,16)(H,17,18). The molecule has 0 aliphatic carbocycles. The van der Waals surface area contributed by atoms with Crippen LogP contribution < -0.4 is 5.32 Å². The fraction of sp³-hybridized carbons (Fsp3) is 0.583. The molecule has 0 saturated heterocycles. The lowest BCUT2D eigenvalue weighted by atomic mass is 10.3. The average Bonchev–Trinajstić information content (AvgIpc) is 2.85. The number of aromatic nitrogens is 2. The fourth-order valence-electron chi connectivity index (χ4n) is 1.45. The van der Waals surface area contributed by atoms with Crippen molar-refractivity contribution in [1.82, 2.24) is 15.1 Å². The van der Waals surface area contributed by atoms with Gasteiger partial charge in [0.15, 0.2) is 0 Å². The fourth-order valence-corrected chi connectivity index (χ4v) is 1.45. The van der Waals surface area contributed by atoms with Crippen LogP contribution in [-0.4, -0.2) is 46.5 Å². The molecule has 7 nitrogen and oxygen atoms in total. The van der Waals surface area contributed by atoms with E-state index >= 15 is 0 Å². The van der Waals surface area contributed by atoms with Crippen molar-refractivity contribution in [3.8, 4) is 0 Å². The van der Waals surface area contributed by atoms with E-state index in [0.29, 0.717) is 26.3 Å². The molecule has 0 spiro atoms. The molecule has 0 radical (unpaired) electrons. The summed E-state index contributed by atoms with van der Waals surface area (Å²) in [6.45, 7) is 4.19. The molecule has 0 unspecified atom stereocenters. The number of carboxylic acid groups (broad SMARTS) is 1. The third-order valence-electron chi connectivity index (χ3n) is 2.44. The highest BCUT2D eigenvalue weighted by Crippen LogP contribution is 1.98. The summed E-state index contributed by atoms with van der Waals surface area (Å²) in [5.74, 6) is -1.10. The number of aryl methyl sites for hydroxylation is 1. The smallest absolute Gasteiger partial charge is 0.338 e. The molecule has 0 aliphatic rings. The minimum atomic E-state index is -1.02. The molecule has 1 amide bonds. The molecule has 19 heavy (non-hydrogen) atoms. The van der Waals surface area contributed by atoms with Crippen LogP contribution in [0.5, 0.6) is 0 Å². The van der Waals surface area contributed by atoms with E-state index in [4.69, 9.17) is 9.84 Å². The molecule has 0 aromatic carbocycles. The van der Waals surface area contributed by atoms with E-state index < -0.39 is 5.97 Å². The quantitative estimate of drug-likeness (QED) is 0.637. The Morgan fingerprint density at radius 1 is 1.53 bits per heavy atom. The summed E-state index contributed by atoms with van der Waals surface area (Å²) < 4.78 is 6.60. The second-order valence-corrected chi connectivity index (χ2v) is 3.95. The van der Waals surface area contributed by atoms with Gasteiger partial charge in [-0.2, -0.15) is 5.10 Å². The summed E-state index contributed by atoms with van der Waals surface area (Å²) in [7, 11) is 0. The van der Waals surface area contributed by atoms with Crippen LogP contribution in [0.25, 0.3) is 0 Å². The predicted octanol–water partition coefficient (Wildman–Crippen LogP) is 0.514. The Morgan fingerprint density at radius 2 is 2.32 bits per heavy atom. The summed E-state index contributed by atoms with van der Waals surface area (Å²) in [6, 6.07) is 0. The summed E-state index contributed by atoms with van der Waals surface area (Å²) in [6.07, 6.45) is 3.73. The maximum absolute atomic E-state index is 11.5. The average molecular weight is 269 g/mol. The monoisotopic (exact) mass is 269 g/mol. The predicted molar refractivity (Wildman–Crippen MR) is 67.9 cm³/mol. The zero-order chi connectivity index (χ0) is 14.1. The molecule has 1 aromatic heterocycles. The molecule has 0 aliphatic heterocycles. The Bertz CT molecular complexity index is 417. The van der Waals surface area contributed by atoms with E-state index in [1.165, 1.54) is 17.1 Å². The first-order valence-electron chi connectivity index (χ1n) is 6.23. The van der Waals surface area contributed by atoms with Gasteiger partial charge in [0, 0.05) is 38.9 Å². The van der Waals surface area contributed by atoms with Crippen LogP contribution in [0.1, 0.15) is 30.1 Å². The van der Waals surface area contributed by atoms with Gasteiger partial charge >= 0.3 is 5.97 Å². The first-order chi connectivity index (χ1) is 9.13. The Hall–Kier alpha value is -1.89. The molecule has 1 aromatic rings. The Kier molecular flexibility index (Phi) is 6.59. The molecule has 1 rings (SSSR count). The van der Waals surface area contributed by atoms with Gasteiger partial charge < -0.3 is 15.2 Å². The van der Waals surface area contributed by atoms with Gasteiger partial charge in [0.05, 0.1) is 11.8 Å². The molecule has 0 saturated carbocycles. The number of hydrogen-bond donors (Lipinski definition) is 2. The Labute approximate surface area is 111 Å². The van der Waals surface area contributed by atoms with Gasteiger partial charge in [0.2, 0.25) is 5.91 Å². The van der Waals surface area contributed by atoms with Crippen LogP contribution in [0.15, 0.2) is 12.4 Å². The largest absolute Gasteiger partial charge is 0.478 e. The van der Waals surface area contributed by atoms with Gasteiger partial charge in [-0.1, -0.05) is 0 Å². The van der Waals surface area contributed by atoms with Crippen molar-refractivity contribution in [1.29, 1.82) is 0 Å². The zero-order valence-electron chi connectivity index (χ0n) is 11.0. The second kappa shape index (κ2) is 8.25. The van der Waals surface area contributed by atoms with Crippen molar-refractivity contribution in [2.75, 3.05) is 19.8 Å². The minimum Gasteiger partial charge on any atom is -0.478 e. The third-order valence-corrected chi connectivity index (χ3v) is 2.44. The van der Waals surface area contributed by atoms with E-state index in [9.17, 15) is 9.59 Å². The first kappa shape index (κ1) is 15.2. The lowest BCUT2D eigenvalue weighted by molar-refractivity contribution is -0.121. The molecular formula is C12H19N3O4. The highest BCUT2D eigenvalue weighted by atomic mass is 16.5. The van der Waals surface area contributed by atoms with E-state index in [1.54, 1.807) is 0 Å². The van der Waals surface area contributed by atoms with Gasteiger partial charge in [-0.25, -0.2) is 4.79 Å². The van der Waals surface area contributed by atoms with Crippen molar-refractivity contribution in [3.63, 3.8) is 0 Å². The van der Waals surface area contributed by atoms with Gasteiger partial charge in [-0.05, 0) is 13.3 Å². The van der Waals surface area contributed by atoms with Gasteiger partial charge in [-0.3, -0.25) is 9.48 Å². The lowest BCUT2D eigenvalue weighted by Crippen LogP contribution is -2.26. The molecule has 0 bridgehead atoms. The van der Waals surface area contributed by atoms with Crippen LogP contribution in [0.3, 0.4) is 0 Å². The van der Waals surface area contributed by atoms with Crippen molar-refractivity contribution in [2.24, 2.45) is 0 Å². The van der Waals surface area contributed by atoms with Crippen molar-refractivity contribution < 1.29 is 19.4 Å². The normalized spacial score (nSPS) is 10.4. The van der Waals surface area contributed by atoms with Crippen LogP contribution in [-0.2, 0) is 16.1 Å². The number of aromatic carboxylic acids is 1. The lowest BCUT2D eigenvalue weighted by Gasteiger charge is -2.05. The zero-order valence-corrected chi connectivity index (χ0v) is 11.0. The SMILES string of the molecule is CCOCCCNC(=O)CCn1cc(C(=O)O)cn1. The first-order valence-corrected chi connectivity index (χ1v) is 6.23. The van der Waals surface area contributed by atoms with E-state index in [2.05, 4.69) is 10.4 Å². The second-order valence-electron chi connectivity index (χ2n) is 3.95. The number of amides is 1. The third kappa shape index (κ3) is 6.01. The van der Waals surface area contributed by atoms with E-state index in [1.807, 2.05) is 6.92 Å². The summed E-state index contributed by atoms with van der Waals surface area (Å²) in [5, 5.41) is 15.3. The van der Waals surface area contributed by atoms with Crippen LogP contribution in [0.2, 0.25) is 0 Å². The van der Waals surface area contributed by atoms with Crippen molar-refractivity contribution in [3.05, 3.63) is 18.0 Å². The Balaban J connectivity index is 2.17. The number of carbonyl (C=O) groups is 2. The van der Waals surface area contributed by atoms with Crippen molar-refractivity contribution in [2.45, 2.75) is 26.3 Å². The topological polar surface area (TPSA) is 93.5 Å². The molecule has 106 valence electrons. The highest BCUT2D eigenvalue weighted by molar-refractivity contribution is 5.86. The number of nitrogens with one attached hydrogen (secondary N) is 1. The number of carbonyl (C=O) groups excluding carboxylic acids is 1. The molecular weight excluding hydrogens is 250 g/mol. The summed E-state index contributed by atoms with van der Waals surface area (Å²) >= 11 is 0. The summed E-state index contributed by atoms with van der Waals surface area (Å²) in [4.78, 5) is 22.1. The number of carboxylic acids is 1. The van der Waals surface area contributed by atoms with Crippen molar-refractivity contribution >= 4 is 11.9 Å². The molecule has 7 heteroatoms. The molecule has 0 atom stereocenters.